The van der Waals surface area contributed by atoms with Crippen LogP contribution >= 0.6 is 12.4 Å². The lowest BCUT2D eigenvalue weighted by molar-refractivity contribution is -0.134. The number of methoxy groups -OCH3 is 1. The van der Waals surface area contributed by atoms with Crippen LogP contribution in [0.15, 0.2) is 36.5 Å². The molecule has 1 aromatic carbocycles. The lowest BCUT2D eigenvalue weighted by atomic mass is 10.0. The molecule has 9 nitrogen and oxygen atoms in total. The van der Waals surface area contributed by atoms with Crippen molar-refractivity contribution in [2.75, 3.05) is 32.1 Å². The van der Waals surface area contributed by atoms with Crippen molar-refractivity contribution in [3.63, 3.8) is 0 Å². The number of aliphatic hydroxyl groups excluding tert-OH is 1. The maximum Gasteiger partial charge on any atom is 0.260 e. The van der Waals surface area contributed by atoms with E-state index in [1.165, 1.54) is 7.11 Å². The second kappa shape index (κ2) is 10.2. The van der Waals surface area contributed by atoms with Crippen LogP contribution in [0.4, 0.5) is 5.82 Å². The second-order valence-electron chi connectivity index (χ2n) is 6.66. The molecule has 1 atom stereocenters. The third-order valence-corrected chi connectivity index (χ3v) is 4.90. The van der Waals surface area contributed by atoms with Crippen molar-refractivity contribution in [2.24, 2.45) is 5.73 Å². The van der Waals surface area contributed by atoms with Gasteiger partial charge in [0.25, 0.3) is 5.91 Å². The number of piperidine rings is 1. The van der Waals surface area contributed by atoms with Gasteiger partial charge in [-0.2, -0.15) is 5.10 Å². The molecule has 10 heteroatoms. The lowest BCUT2D eigenvalue weighted by Crippen LogP contribution is -2.48. The number of halogens is 1. The number of para-hydroxylation sites is 1. The number of rotatable bonds is 6. The predicted octanol–water partition coefficient (Wildman–Crippen LogP) is 1.05. The van der Waals surface area contributed by atoms with E-state index in [9.17, 15) is 9.59 Å². The molecule has 2 aromatic rings. The van der Waals surface area contributed by atoms with Gasteiger partial charge in [0.1, 0.15) is 17.6 Å². The van der Waals surface area contributed by atoms with Crippen molar-refractivity contribution < 1.29 is 19.4 Å². The molecule has 29 heavy (non-hydrogen) atoms. The highest BCUT2D eigenvalue weighted by Crippen LogP contribution is 2.26. The Bertz CT molecular complexity index is 836. The minimum absolute atomic E-state index is 0. The van der Waals surface area contributed by atoms with Crippen molar-refractivity contribution in [2.45, 2.75) is 24.9 Å². The first-order valence-electron chi connectivity index (χ1n) is 9.18. The highest BCUT2D eigenvalue weighted by atomic mass is 35.5. The average molecular weight is 424 g/mol. The smallest absolute Gasteiger partial charge is 0.260 e. The summed E-state index contributed by atoms with van der Waals surface area (Å²) >= 11 is 0. The summed E-state index contributed by atoms with van der Waals surface area (Å²) in [5.74, 6) is 0.567. The van der Waals surface area contributed by atoms with E-state index in [1.54, 1.807) is 46.1 Å². The minimum Gasteiger partial charge on any atom is -0.496 e. The summed E-state index contributed by atoms with van der Waals surface area (Å²) in [4.78, 5) is 26.4. The largest absolute Gasteiger partial charge is 0.496 e. The van der Waals surface area contributed by atoms with E-state index >= 15 is 0 Å². The Balaban J connectivity index is 0.00000300. The van der Waals surface area contributed by atoms with Crippen molar-refractivity contribution >= 4 is 30.0 Å². The van der Waals surface area contributed by atoms with Gasteiger partial charge < -0.3 is 25.8 Å². The van der Waals surface area contributed by atoms with Gasteiger partial charge in [-0.1, -0.05) is 12.1 Å². The fourth-order valence-electron chi connectivity index (χ4n) is 3.36. The number of nitrogens with zero attached hydrogens (tertiary/aromatic N) is 3. The number of hydrogen-bond donors (Lipinski definition) is 3. The maximum atomic E-state index is 12.7. The summed E-state index contributed by atoms with van der Waals surface area (Å²) in [6.07, 6.45) is 3.00. The van der Waals surface area contributed by atoms with Crippen LogP contribution in [0.2, 0.25) is 0 Å². The highest BCUT2D eigenvalue weighted by Gasteiger charge is 2.28. The Morgan fingerprint density at radius 2 is 2.00 bits per heavy atom. The molecule has 2 heterocycles. The van der Waals surface area contributed by atoms with Gasteiger partial charge in [0.15, 0.2) is 0 Å². The summed E-state index contributed by atoms with van der Waals surface area (Å²) in [6.45, 7) is 0.685. The van der Waals surface area contributed by atoms with Crippen LogP contribution in [-0.2, 0) is 4.79 Å². The van der Waals surface area contributed by atoms with E-state index in [2.05, 4.69) is 10.4 Å². The number of anilines is 1. The zero-order chi connectivity index (χ0) is 20.1. The molecule has 0 spiro atoms. The molecule has 158 valence electrons. The van der Waals surface area contributed by atoms with Crippen LogP contribution in [-0.4, -0.2) is 64.4 Å². The van der Waals surface area contributed by atoms with Crippen molar-refractivity contribution in [1.29, 1.82) is 0 Å². The Morgan fingerprint density at radius 1 is 1.31 bits per heavy atom. The summed E-state index contributed by atoms with van der Waals surface area (Å²) in [5, 5.41) is 16.3. The number of aliphatic hydroxyl groups is 1. The lowest BCUT2D eigenvalue weighted by Gasteiger charge is -2.33. The van der Waals surface area contributed by atoms with E-state index in [0.29, 0.717) is 43.1 Å². The zero-order valence-corrected chi connectivity index (χ0v) is 17.0. The Kier molecular flexibility index (Phi) is 8.00. The average Bonchev–Trinajstić information content (AvgIpc) is 3.20. The topological polar surface area (TPSA) is 123 Å². The van der Waals surface area contributed by atoms with E-state index in [0.717, 1.165) is 0 Å². The molecule has 0 unspecified atom stereocenters. The summed E-state index contributed by atoms with van der Waals surface area (Å²) in [6, 6.07) is 7.93. The molecule has 1 saturated heterocycles. The first-order chi connectivity index (χ1) is 13.5. The first kappa shape index (κ1) is 22.7. The number of hydrogen-bond acceptors (Lipinski definition) is 6. The van der Waals surface area contributed by atoms with Crippen LogP contribution < -0.4 is 15.8 Å². The molecule has 0 aliphatic carbocycles. The number of amides is 2. The van der Waals surface area contributed by atoms with E-state index in [1.807, 2.05) is 0 Å². The van der Waals surface area contributed by atoms with Crippen LogP contribution in [0.1, 0.15) is 29.2 Å². The van der Waals surface area contributed by atoms with Gasteiger partial charge >= 0.3 is 0 Å². The molecule has 0 bridgehead atoms. The number of ether oxygens (including phenoxy) is 1. The van der Waals surface area contributed by atoms with Crippen LogP contribution in [0.25, 0.3) is 0 Å². The molecule has 0 saturated carbocycles. The number of benzene rings is 1. The van der Waals surface area contributed by atoms with E-state index in [-0.39, 0.29) is 36.9 Å². The number of carbonyl (C=O) groups is 2. The van der Waals surface area contributed by atoms with Crippen molar-refractivity contribution in [1.82, 2.24) is 14.7 Å². The molecule has 4 N–H and O–H groups in total. The fourth-order valence-corrected chi connectivity index (χ4v) is 3.36. The number of nitrogens with two attached hydrogens (primary N) is 1. The molecule has 2 amide bonds. The molecule has 0 radical (unpaired) electrons. The quantitative estimate of drug-likeness (QED) is 0.638. The van der Waals surface area contributed by atoms with Gasteiger partial charge in [0.2, 0.25) is 5.91 Å². The summed E-state index contributed by atoms with van der Waals surface area (Å²) in [7, 11) is 1.52. The molecule has 1 aromatic heterocycles. The zero-order valence-electron chi connectivity index (χ0n) is 16.2. The van der Waals surface area contributed by atoms with E-state index in [4.69, 9.17) is 15.6 Å². The monoisotopic (exact) mass is 423 g/mol. The van der Waals surface area contributed by atoms with Gasteiger partial charge in [-0.05, 0) is 25.0 Å². The normalized spacial score (nSPS) is 15.3. The molecule has 1 aliphatic rings. The summed E-state index contributed by atoms with van der Waals surface area (Å²) in [5.41, 5.74) is 6.06. The van der Waals surface area contributed by atoms with E-state index < -0.39 is 6.04 Å². The van der Waals surface area contributed by atoms with Gasteiger partial charge in [0, 0.05) is 19.2 Å². The first-order valence-corrected chi connectivity index (χ1v) is 9.18. The number of nitrogens with one attached hydrogen (secondary N) is 1. The SMILES string of the molecule is COc1ccccc1C(=O)Nc1ccnn1C1CCN(C(=O)[C@@H](N)CO)CC1.Cl. The Morgan fingerprint density at radius 3 is 2.66 bits per heavy atom. The van der Waals surface area contributed by atoms with Crippen LogP contribution in [0, 0.1) is 0 Å². The third-order valence-electron chi connectivity index (χ3n) is 4.90. The minimum atomic E-state index is -0.878. The molecular formula is C19H26ClN5O4. The van der Waals surface area contributed by atoms with Gasteiger partial charge in [-0.3, -0.25) is 9.59 Å². The predicted molar refractivity (Wildman–Crippen MR) is 110 cm³/mol. The van der Waals surface area contributed by atoms with Gasteiger partial charge in [-0.15, -0.1) is 12.4 Å². The number of carbonyl (C=O) groups excluding carboxylic acids is 2. The highest BCUT2D eigenvalue weighted by molar-refractivity contribution is 6.05. The third kappa shape index (κ3) is 5.06. The number of likely N-dealkylation sites (tertiary alicyclic amines) is 1. The summed E-state index contributed by atoms with van der Waals surface area (Å²) < 4.78 is 7.03. The van der Waals surface area contributed by atoms with Crippen molar-refractivity contribution in [3.8, 4) is 5.75 Å². The van der Waals surface area contributed by atoms with Crippen LogP contribution in [0.3, 0.4) is 0 Å². The molecule has 1 fully saturated rings. The second-order valence-corrected chi connectivity index (χ2v) is 6.66. The Hall–Kier alpha value is -2.62. The fraction of sp³-hybridized carbons (Fsp3) is 0.421. The molecule has 1 aliphatic heterocycles. The molecular weight excluding hydrogens is 398 g/mol. The van der Waals surface area contributed by atoms with Gasteiger partial charge in [0.05, 0.1) is 31.5 Å². The van der Waals surface area contributed by atoms with Crippen LogP contribution in [0.5, 0.6) is 5.75 Å². The Labute approximate surface area is 175 Å². The maximum absolute atomic E-state index is 12.7. The molecule has 3 rings (SSSR count). The standard InChI is InChI=1S/C19H25N5O4.ClH/c1-28-16-5-3-2-4-14(16)18(26)22-17-6-9-21-24(17)13-7-10-23(11-8-13)19(27)15(20)12-25;/h2-6,9,13,15,25H,7-8,10-12,20H2,1H3,(H,22,26);1H/t15-;/m0./s1. The number of aromatic nitrogens is 2. The van der Waals surface area contributed by atoms with Gasteiger partial charge in [-0.25, -0.2) is 4.68 Å². The van der Waals surface area contributed by atoms with Crippen molar-refractivity contribution in [3.05, 3.63) is 42.1 Å².